The van der Waals surface area contributed by atoms with Gasteiger partial charge < -0.3 is 20.9 Å². The third-order valence-electron chi connectivity index (χ3n) is 13.2. The van der Waals surface area contributed by atoms with Crippen LogP contribution >= 0.6 is 0 Å². The average molecular weight is 877 g/mol. The van der Waals surface area contributed by atoms with E-state index in [1.54, 1.807) is 0 Å². The number of ether oxygens (including phenoxy) is 1. The molecule has 368 valence electrons. The molecule has 0 aromatic rings. The third kappa shape index (κ3) is 46.4. The van der Waals surface area contributed by atoms with Crippen molar-refractivity contribution in [1.82, 2.24) is 5.32 Å². The minimum absolute atomic E-state index is 0.00895. The summed E-state index contributed by atoms with van der Waals surface area (Å²) in [7, 11) is 0. The summed E-state index contributed by atoms with van der Waals surface area (Å²) < 4.78 is 6.10. The van der Waals surface area contributed by atoms with E-state index in [4.69, 9.17) is 10.5 Å². The monoisotopic (exact) mass is 877 g/mol. The maximum absolute atomic E-state index is 12.9. The fourth-order valence-electron chi connectivity index (χ4n) is 8.99. The van der Waals surface area contributed by atoms with Gasteiger partial charge in [-0.15, -0.1) is 0 Å². The average Bonchev–Trinajstić information content (AvgIpc) is 3.26. The van der Waals surface area contributed by atoms with Gasteiger partial charge >= 0.3 is 11.9 Å². The zero-order chi connectivity index (χ0) is 45.2. The largest absolute Gasteiger partial charge is 0.480 e. The Balaban J connectivity index is 4.12. The summed E-state index contributed by atoms with van der Waals surface area (Å²) in [5, 5.41) is 12.0. The Morgan fingerprint density at radius 2 is 0.694 bits per heavy atom. The molecule has 0 rings (SSSR count). The topological polar surface area (TPSA) is 119 Å². The van der Waals surface area contributed by atoms with E-state index in [0.717, 1.165) is 64.2 Å². The molecule has 7 heteroatoms. The predicted octanol–water partition coefficient (Wildman–Crippen LogP) is 16.8. The number of rotatable bonds is 52. The smallest absolute Gasteiger partial charge is 0.326 e. The van der Waals surface area contributed by atoms with Crippen LogP contribution in [0.15, 0.2) is 0 Å². The first-order valence-corrected chi connectivity index (χ1v) is 27.9. The van der Waals surface area contributed by atoms with Crippen molar-refractivity contribution in [1.29, 1.82) is 0 Å². The standard InChI is InChI=1S/C55H108N2O5/c1-3-5-7-9-11-13-15-17-18-19-20-21-22-23-24-25-26-28-30-32-34-39-43-49-54(59)62-51(45-40-36-33-31-29-27-16-14-12-10-8-6-4-2)46-41-37-35-38-42-48-53(58)57-52(55(60)61)47-44-50-56/h51-52H,3-50,56H2,1-2H3,(H,57,58)(H,60,61). The molecule has 0 aliphatic heterocycles. The van der Waals surface area contributed by atoms with Crippen molar-refractivity contribution in [2.24, 2.45) is 5.73 Å². The second kappa shape index (κ2) is 50.4. The molecule has 7 nitrogen and oxygen atoms in total. The van der Waals surface area contributed by atoms with Crippen molar-refractivity contribution in [3.05, 3.63) is 0 Å². The highest BCUT2D eigenvalue weighted by Crippen LogP contribution is 2.20. The van der Waals surface area contributed by atoms with Crippen LogP contribution in [0.3, 0.4) is 0 Å². The summed E-state index contributed by atoms with van der Waals surface area (Å²) in [5.41, 5.74) is 5.51. The van der Waals surface area contributed by atoms with E-state index in [1.807, 2.05) is 0 Å². The molecule has 0 radical (unpaired) electrons. The van der Waals surface area contributed by atoms with Gasteiger partial charge in [-0.05, 0) is 57.9 Å². The van der Waals surface area contributed by atoms with Crippen molar-refractivity contribution in [2.45, 2.75) is 328 Å². The number of aliphatic carboxylic acids is 1. The van der Waals surface area contributed by atoms with Gasteiger partial charge in [0, 0.05) is 12.8 Å². The van der Waals surface area contributed by atoms with Crippen molar-refractivity contribution in [3.63, 3.8) is 0 Å². The van der Waals surface area contributed by atoms with Crippen LogP contribution in [0.2, 0.25) is 0 Å². The van der Waals surface area contributed by atoms with Gasteiger partial charge in [0.15, 0.2) is 0 Å². The first-order valence-electron chi connectivity index (χ1n) is 27.9. The lowest BCUT2D eigenvalue weighted by molar-refractivity contribution is -0.150. The van der Waals surface area contributed by atoms with E-state index in [-0.39, 0.29) is 18.0 Å². The molecule has 0 saturated carbocycles. The Morgan fingerprint density at radius 3 is 1.00 bits per heavy atom. The summed E-state index contributed by atoms with van der Waals surface area (Å²) in [6.07, 6.45) is 57.5. The lowest BCUT2D eigenvalue weighted by atomic mass is 10.0. The Kier molecular flexibility index (Phi) is 49.0. The maximum atomic E-state index is 12.9. The number of hydrogen-bond acceptors (Lipinski definition) is 5. The highest BCUT2D eigenvalue weighted by Gasteiger charge is 2.19. The molecular formula is C55H108N2O5. The van der Waals surface area contributed by atoms with Crippen molar-refractivity contribution in [3.8, 4) is 0 Å². The van der Waals surface area contributed by atoms with Crippen LogP contribution in [0.1, 0.15) is 316 Å². The summed E-state index contributed by atoms with van der Waals surface area (Å²) in [6, 6.07) is -0.853. The van der Waals surface area contributed by atoms with E-state index in [1.165, 1.54) is 212 Å². The number of nitrogens with one attached hydrogen (secondary N) is 1. The Morgan fingerprint density at radius 1 is 0.403 bits per heavy atom. The summed E-state index contributed by atoms with van der Waals surface area (Å²) >= 11 is 0. The maximum Gasteiger partial charge on any atom is 0.326 e. The van der Waals surface area contributed by atoms with Gasteiger partial charge in [-0.25, -0.2) is 4.79 Å². The SMILES string of the molecule is CCCCCCCCCCCCCCCCCCCCCCCCCC(=O)OC(CCCCCCCCCCCCCCC)CCCCCCCC(=O)NC(CCCN)C(=O)O. The third-order valence-corrected chi connectivity index (χ3v) is 13.2. The van der Waals surface area contributed by atoms with Gasteiger partial charge in [0.25, 0.3) is 0 Å². The number of esters is 1. The number of carboxylic acid groups (broad SMARTS) is 1. The molecule has 2 unspecified atom stereocenters. The van der Waals surface area contributed by atoms with Crippen LogP contribution in [0, 0.1) is 0 Å². The quantitative estimate of drug-likeness (QED) is 0.0414. The van der Waals surface area contributed by atoms with Crippen LogP contribution in [0.5, 0.6) is 0 Å². The molecule has 0 aromatic heterocycles. The summed E-state index contributed by atoms with van der Waals surface area (Å²) in [4.78, 5) is 36.6. The normalized spacial score (nSPS) is 12.4. The van der Waals surface area contributed by atoms with Gasteiger partial charge in [0.2, 0.25) is 5.91 Å². The number of carbonyl (C=O) groups is 3. The number of amides is 1. The molecule has 2 atom stereocenters. The van der Waals surface area contributed by atoms with Gasteiger partial charge in [-0.3, -0.25) is 9.59 Å². The Labute approximate surface area is 386 Å². The van der Waals surface area contributed by atoms with Crippen LogP contribution in [-0.2, 0) is 19.1 Å². The van der Waals surface area contributed by atoms with Gasteiger partial charge in [-0.1, -0.05) is 251 Å². The highest BCUT2D eigenvalue weighted by atomic mass is 16.5. The van der Waals surface area contributed by atoms with E-state index in [9.17, 15) is 19.5 Å². The van der Waals surface area contributed by atoms with E-state index in [0.29, 0.717) is 32.2 Å². The molecule has 0 bridgehead atoms. The summed E-state index contributed by atoms with van der Waals surface area (Å²) in [5.74, 6) is -1.20. The van der Waals surface area contributed by atoms with Crippen LogP contribution in [0.25, 0.3) is 0 Å². The lowest BCUT2D eigenvalue weighted by Gasteiger charge is -2.18. The number of unbranched alkanes of at least 4 members (excludes halogenated alkanes) is 38. The molecule has 0 spiro atoms. The molecule has 0 saturated heterocycles. The first-order chi connectivity index (χ1) is 30.4. The number of carbonyl (C=O) groups excluding carboxylic acids is 2. The highest BCUT2D eigenvalue weighted by molar-refractivity contribution is 5.83. The molecular weight excluding hydrogens is 769 g/mol. The fourth-order valence-corrected chi connectivity index (χ4v) is 8.99. The molecule has 0 heterocycles. The molecule has 0 fully saturated rings. The predicted molar refractivity (Wildman–Crippen MR) is 267 cm³/mol. The van der Waals surface area contributed by atoms with E-state index < -0.39 is 12.0 Å². The lowest BCUT2D eigenvalue weighted by Crippen LogP contribution is -2.40. The fraction of sp³-hybridized carbons (Fsp3) is 0.945. The zero-order valence-electron chi connectivity index (χ0n) is 41.8. The van der Waals surface area contributed by atoms with Crippen molar-refractivity contribution in [2.75, 3.05) is 6.54 Å². The molecule has 0 aromatic carbocycles. The van der Waals surface area contributed by atoms with Crippen LogP contribution < -0.4 is 11.1 Å². The van der Waals surface area contributed by atoms with Gasteiger partial charge in [0.05, 0.1) is 0 Å². The number of carboxylic acids is 1. The molecule has 1 amide bonds. The zero-order valence-corrected chi connectivity index (χ0v) is 41.8. The van der Waals surface area contributed by atoms with E-state index in [2.05, 4.69) is 19.2 Å². The second-order valence-electron chi connectivity index (χ2n) is 19.4. The van der Waals surface area contributed by atoms with Crippen LogP contribution in [0.4, 0.5) is 0 Å². The Hall–Kier alpha value is -1.63. The molecule has 0 aliphatic rings. The summed E-state index contributed by atoms with van der Waals surface area (Å²) in [6.45, 7) is 4.99. The van der Waals surface area contributed by atoms with Gasteiger partial charge in [-0.2, -0.15) is 0 Å². The molecule has 62 heavy (non-hydrogen) atoms. The van der Waals surface area contributed by atoms with Gasteiger partial charge in [0.1, 0.15) is 12.1 Å². The number of nitrogens with two attached hydrogens (primary N) is 1. The van der Waals surface area contributed by atoms with E-state index >= 15 is 0 Å². The Bertz CT molecular complexity index is 945. The van der Waals surface area contributed by atoms with Crippen molar-refractivity contribution >= 4 is 17.8 Å². The second-order valence-corrected chi connectivity index (χ2v) is 19.4. The molecule has 0 aliphatic carbocycles. The van der Waals surface area contributed by atoms with Crippen molar-refractivity contribution < 1.29 is 24.2 Å². The van der Waals surface area contributed by atoms with Crippen LogP contribution in [-0.4, -0.2) is 41.6 Å². The first kappa shape index (κ1) is 60.4. The number of hydrogen-bond donors (Lipinski definition) is 3. The minimum atomic E-state index is -0.998. The molecule has 4 N–H and O–H groups in total. The minimum Gasteiger partial charge on any atom is -0.480 e.